The molecule has 0 saturated carbocycles. The molecule has 7 nitrogen and oxygen atoms in total. The zero-order valence-electron chi connectivity index (χ0n) is 9.69. The summed E-state index contributed by atoms with van der Waals surface area (Å²) in [5.74, 6) is 0.0796. The average Bonchev–Trinajstić information content (AvgIpc) is 2.72. The van der Waals surface area contributed by atoms with Gasteiger partial charge in [0.15, 0.2) is 0 Å². The van der Waals surface area contributed by atoms with Crippen LogP contribution in [0, 0.1) is 17.2 Å². The maximum absolute atomic E-state index is 11.7. The molecule has 2 rings (SSSR count). The third-order valence-corrected chi connectivity index (χ3v) is 3.06. The molecule has 1 aromatic heterocycles. The van der Waals surface area contributed by atoms with Crippen molar-refractivity contribution in [2.45, 2.75) is 25.2 Å². The molecule has 0 aromatic carbocycles. The van der Waals surface area contributed by atoms with Gasteiger partial charge in [0, 0.05) is 18.5 Å². The van der Waals surface area contributed by atoms with Gasteiger partial charge in [-0.25, -0.2) is 4.79 Å². The van der Waals surface area contributed by atoms with E-state index >= 15 is 0 Å². The molecule has 1 unspecified atom stereocenters. The second kappa shape index (κ2) is 5.16. The standard InChI is InChI=1S/C11H14N4O3/c12-3-1-7-5-10(18-8(7)6-16)15-4-2-9(13)14-11(15)17/h2,4,7-8,10,16H,1,5-6H2,(H2,13,14,17)/t7?,8-,10-/m1/s1. The first-order chi connectivity index (χ1) is 8.65. The van der Waals surface area contributed by atoms with Crippen LogP contribution < -0.4 is 11.4 Å². The van der Waals surface area contributed by atoms with Crippen molar-refractivity contribution >= 4 is 5.82 Å². The monoisotopic (exact) mass is 250 g/mol. The highest BCUT2D eigenvalue weighted by Crippen LogP contribution is 2.34. The van der Waals surface area contributed by atoms with E-state index in [0.717, 1.165) is 0 Å². The molecule has 3 N–H and O–H groups in total. The van der Waals surface area contributed by atoms with Crippen molar-refractivity contribution < 1.29 is 9.84 Å². The number of nitrogens with zero attached hydrogens (tertiary/aromatic N) is 3. The Morgan fingerprint density at radius 2 is 2.50 bits per heavy atom. The first kappa shape index (κ1) is 12.5. The van der Waals surface area contributed by atoms with Crippen LogP contribution in [0.1, 0.15) is 19.1 Å². The second-order valence-corrected chi connectivity index (χ2v) is 4.21. The van der Waals surface area contributed by atoms with Crippen LogP contribution in [-0.2, 0) is 4.74 Å². The highest BCUT2D eigenvalue weighted by atomic mass is 16.5. The summed E-state index contributed by atoms with van der Waals surface area (Å²) in [6.07, 6.45) is 1.39. The number of hydrogen-bond acceptors (Lipinski definition) is 6. The van der Waals surface area contributed by atoms with Crippen LogP contribution in [0.15, 0.2) is 17.1 Å². The summed E-state index contributed by atoms with van der Waals surface area (Å²) >= 11 is 0. The maximum Gasteiger partial charge on any atom is 0.351 e. The predicted octanol–water partition coefficient (Wildman–Crippen LogP) is -0.365. The van der Waals surface area contributed by atoms with Crippen molar-refractivity contribution in [1.29, 1.82) is 5.26 Å². The number of ether oxygens (including phenoxy) is 1. The van der Waals surface area contributed by atoms with Gasteiger partial charge in [-0.05, 0) is 12.5 Å². The van der Waals surface area contributed by atoms with Crippen molar-refractivity contribution in [3.8, 4) is 6.07 Å². The van der Waals surface area contributed by atoms with E-state index in [4.69, 9.17) is 15.7 Å². The first-order valence-electron chi connectivity index (χ1n) is 5.63. The Labute approximate surface area is 103 Å². The zero-order valence-corrected chi connectivity index (χ0v) is 9.69. The lowest BCUT2D eigenvalue weighted by atomic mass is 9.98. The summed E-state index contributed by atoms with van der Waals surface area (Å²) in [4.78, 5) is 15.3. The molecular formula is C11H14N4O3. The minimum Gasteiger partial charge on any atom is -0.394 e. The summed E-state index contributed by atoms with van der Waals surface area (Å²) in [7, 11) is 0. The van der Waals surface area contributed by atoms with E-state index in [1.165, 1.54) is 16.8 Å². The fourth-order valence-corrected chi connectivity index (χ4v) is 2.13. The average molecular weight is 250 g/mol. The molecule has 7 heteroatoms. The number of rotatable bonds is 3. The molecule has 1 aliphatic heterocycles. The van der Waals surface area contributed by atoms with Gasteiger partial charge in [-0.2, -0.15) is 10.2 Å². The molecule has 0 amide bonds. The molecule has 18 heavy (non-hydrogen) atoms. The van der Waals surface area contributed by atoms with Gasteiger partial charge in [-0.15, -0.1) is 0 Å². The number of hydrogen-bond donors (Lipinski definition) is 2. The predicted molar refractivity (Wildman–Crippen MR) is 62.2 cm³/mol. The van der Waals surface area contributed by atoms with Gasteiger partial charge >= 0.3 is 5.69 Å². The van der Waals surface area contributed by atoms with Crippen molar-refractivity contribution in [2.24, 2.45) is 5.92 Å². The lowest BCUT2D eigenvalue weighted by Gasteiger charge is -2.14. The van der Waals surface area contributed by atoms with Gasteiger partial charge in [0.05, 0.1) is 18.8 Å². The molecule has 1 saturated heterocycles. The van der Waals surface area contributed by atoms with Crippen LogP contribution in [0.5, 0.6) is 0 Å². The number of aromatic nitrogens is 2. The summed E-state index contributed by atoms with van der Waals surface area (Å²) in [5.41, 5.74) is 4.91. The lowest BCUT2D eigenvalue weighted by molar-refractivity contribution is -0.0321. The number of nitriles is 1. The largest absolute Gasteiger partial charge is 0.394 e. The van der Waals surface area contributed by atoms with Crippen LogP contribution in [0.25, 0.3) is 0 Å². The Morgan fingerprint density at radius 3 is 3.11 bits per heavy atom. The molecule has 1 fully saturated rings. The van der Waals surface area contributed by atoms with Crippen molar-refractivity contribution in [1.82, 2.24) is 9.55 Å². The van der Waals surface area contributed by atoms with E-state index in [1.807, 2.05) is 0 Å². The van der Waals surface area contributed by atoms with Gasteiger partial charge in [-0.3, -0.25) is 4.57 Å². The molecular weight excluding hydrogens is 236 g/mol. The quantitative estimate of drug-likeness (QED) is 0.756. The minimum absolute atomic E-state index is 0.0746. The Morgan fingerprint density at radius 1 is 1.72 bits per heavy atom. The van der Waals surface area contributed by atoms with Crippen LogP contribution >= 0.6 is 0 Å². The summed E-state index contributed by atoms with van der Waals surface area (Å²) in [5, 5.41) is 17.9. The Bertz CT molecular complexity index is 522. The smallest absolute Gasteiger partial charge is 0.351 e. The van der Waals surface area contributed by atoms with E-state index in [2.05, 4.69) is 11.1 Å². The Balaban J connectivity index is 2.21. The molecule has 0 bridgehead atoms. The topological polar surface area (TPSA) is 114 Å². The molecule has 96 valence electrons. The van der Waals surface area contributed by atoms with Gasteiger partial charge in [0.2, 0.25) is 0 Å². The van der Waals surface area contributed by atoms with Crippen molar-refractivity contribution in [3.05, 3.63) is 22.7 Å². The van der Waals surface area contributed by atoms with E-state index in [-0.39, 0.29) is 18.3 Å². The maximum atomic E-state index is 11.7. The molecule has 0 radical (unpaired) electrons. The summed E-state index contributed by atoms with van der Waals surface area (Å²) in [6.45, 7) is -0.167. The van der Waals surface area contributed by atoms with E-state index < -0.39 is 18.0 Å². The summed E-state index contributed by atoms with van der Waals surface area (Å²) in [6, 6.07) is 3.57. The van der Waals surface area contributed by atoms with Gasteiger partial charge in [0.25, 0.3) is 0 Å². The molecule has 1 aromatic rings. The number of aliphatic hydroxyl groups excluding tert-OH is 1. The SMILES string of the molecule is N#CCC1C[C@H](n2ccc(N)nc2=O)O[C@@H]1CO. The Hall–Kier alpha value is -1.91. The van der Waals surface area contributed by atoms with Gasteiger partial charge in [-0.1, -0.05) is 0 Å². The fourth-order valence-electron chi connectivity index (χ4n) is 2.13. The van der Waals surface area contributed by atoms with Crippen LogP contribution in [0.4, 0.5) is 5.82 Å². The summed E-state index contributed by atoms with van der Waals surface area (Å²) < 4.78 is 6.89. The van der Waals surface area contributed by atoms with E-state index in [1.54, 1.807) is 0 Å². The number of nitrogen functional groups attached to an aromatic ring is 1. The van der Waals surface area contributed by atoms with Crippen molar-refractivity contribution in [3.63, 3.8) is 0 Å². The second-order valence-electron chi connectivity index (χ2n) is 4.21. The van der Waals surface area contributed by atoms with Gasteiger partial charge < -0.3 is 15.6 Å². The van der Waals surface area contributed by atoms with E-state index in [9.17, 15) is 9.90 Å². The molecule has 0 spiro atoms. The first-order valence-corrected chi connectivity index (χ1v) is 5.63. The number of aliphatic hydroxyl groups is 1. The normalized spacial score (nSPS) is 27.0. The van der Waals surface area contributed by atoms with Crippen LogP contribution in [0.2, 0.25) is 0 Å². The van der Waals surface area contributed by atoms with Gasteiger partial charge in [0.1, 0.15) is 12.0 Å². The molecule has 1 aliphatic rings. The lowest BCUT2D eigenvalue weighted by Crippen LogP contribution is -2.27. The van der Waals surface area contributed by atoms with E-state index in [0.29, 0.717) is 12.8 Å². The van der Waals surface area contributed by atoms with Crippen molar-refractivity contribution in [2.75, 3.05) is 12.3 Å². The molecule has 2 heterocycles. The minimum atomic E-state index is -0.499. The number of nitrogens with two attached hydrogens (primary N) is 1. The highest BCUT2D eigenvalue weighted by Gasteiger charge is 2.35. The highest BCUT2D eigenvalue weighted by molar-refractivity contribution is 5.23. The third-order valence-electron chi connectivity index (χ3n) is 3.06. The Kier molecular flexibility index (Phi) is 3.60. The number of anilines is 1. The zero-order chi connectivity index (χ0) is 13.1. The fraction of sp³-hybridized carbons (Fsp3) is 0.545. The van der Waals surface area contributed by atoms with Crippen LogP contribution in [-0.4, -0.2) is 27.4 Å². The molecule has 0 aliphatic carbocycles. The molecule has 3 atom stereocenters. The van der Waals surface area contributed by atoms with Crippen LogP contribution in [0.3, 0.4) is 0 Å². The third kappa shape index (κ3) is 2.34.